The summed E-state index contributed by atoms with van der Waals surface area (Å²) in [5.41, 5.74) is 4.83. The summed E-state index contributed by atoms with van der Waals surface area (Å²) in [6, 6.07) is 9.01. The second-order valence-electron chi connectivity index (χ2n) is 5.94. The van der Waals surface area contributed by atoms with Gasteiger partial charge in [-0.1, -0.05) is 29.3 Å². The van der Waals surface area contributed by atoms with E-state index in [1.54, 1.807) is 18.3 Å². The Kier molecular flexibility index (Phi) is 4.41. The maximum Gasteiger partial charge on any atom is 0.122 e. The van der Waals surface area contributed by atoms with E-state index < -0.39 is 0 Å². The molecule has 0 radical (unpaired) electrons. The lowest BCUT2D eigenvalue weighted by molar-refractivity contribution is 0.405. The average Bonchev–Trinajstić information content (AvgIpc) is 2.53. The topological polar surface area (TPSA) is 21.3 Å². The summed E-state index contributed by atoms with van der Waals surface area (Å²) in [5, 5.41) is 3.73. The van der Waals surface area contributed by atoms with Crippen molar-refractivity contribution in [2.45, 2.75) is 51.0 Å². The number of nitrogens with one attached hydrogen (secondary N) is 1. The molecule has 1 atom stereocenters. The van der Waals surface area contributed by atoms with E-state index in [9.17, 15) is 0 Å². The summed E-state index contributed by atoms with van der Waals surface area (Å²) in [6.45, 7) is 1.16. The van der Waals surface area contributed by atoms with Crippen LogP contribution in [0.2, 0.25) is 0 Å². The SMILES string of the molecule is COc1ccccc1CCC1NCCC2=C1CCCC2. The summed E-state index contributed by atoms with van der Waals surface area (Å²) in [7, 11) is 1.76. The number of hydrogen-bond donors (Lipinski definition) is 1. The molecule has 0 saturated heterocycles. The number of aryl methyl sites for hydroxylation is 1. The molecule has 2 nitrogen and oxygen atoms in total. The van der Waals surface area contributed by atoms with Gasteiger partial charge in [0.05, 0.1) is 7.11 Å². The summed E-state index contributed by atoms with van der Waals surface area (Å²) in [5.74, 6) is 1.03. The number of para-hydroxylation sites is 1. The van der Waals surface area contributed by atoms with Gasteiger partial charge >= 0.3 is 0 Å². The van der Waals surface area contributed by atoms with Gasteiger partial charge in [0.25, 0.3) is 0 Å². The van der Waals surface area contributed by atoms with Crippen molar-refractivity contribution >= 4 is 0 Å². The molecule has 2 aliphatic rings. The number of benzene rings is 1. The molecule has 0 amide bonds. The van der Waals surface area contributed by atoms with Gasteiger partial charge in [0.2, 0.25) is 0 Å². The normalized spacial score (nSPS) is 22.6. The van der Waals surface area contributed by atoms with E-state index in [0.717, 1.165) is 18.7 Å². The third kappa shape index (κ3) is 2.90. The molecule has 1 aromatic rings. The second-order valence-corrected chi connectivity index (χ2v) is 5.94. The largest absolute Gasteiger partial charge is 0.496 e. The van der Waals surface area contributed by atoms with E-state index in [1.165, 1.54) is 44.1 Å². The molecule has 1 aliphatic heterocycles. The maximum atomic E-state index is 5.46. The number of methoxy groups -OCH3 is 1. The maximum absolute atomic E-state index is 5.46. The van der Waals surface area contributed by atoms with Gasteiger partial charge in [0.1, 0.15) is 5.75 Å². The van der Waals surface area contributed by atoms with Crippen LogP contribution in [-0.2, 0) is 6.42 Å². The predicted molar refractivity (Wildman–Crippen MR) is 83.2 cm³/mol. The Morgan fingerprint density at radius 2 is 2.00 bits per heavy atom. The minimum absolute atomic E-state index is 0.601. The highest BCUT2D eigenvalue weighted by Gasteiger charge is 2.24. The molecule has 3 rings (SSSR count). The Morgan fingerprint density at radius 1 is 1.15 bits per heavy atom. The van der Waals surface area contributed by atoms with E-state index in [0.29, 0.717) is 6.04 Å². The van der Waals surface area contributed by atoms with Crippen LogP contribution < -0.4 is 10.1 Å². The van der Waals surface area contributed by atoms with Crippen LogP contribution in [0.4, 0.5) is 0 Å². The van der Waals surface area contributed by atoms with Crippen LogP contribution in [0.1, 0.15) is 44.1 Å². The van der Waals surface area contributed by atoms with Gasteiger partial charge in [-0.3, -0.25) is 0 Å². The van der Waals surface area contributed by atoms with E-state index in [4.69, 9.17) is 4.74 Å². The second kappa shape index (κ2) is 6.45. The van der Waals surface area contributed by atoms with Crippen molar-refractivity contribution in [2.75, 3.05) is 13.7 Å². The Hall–Kier alpha value is -1.28. The van der Waals surface area contributed by atoms with Crippen LogP contribution >= 0.6 is 0 Å². The average molecular weight is 271 g/mol. The van der Waals surface area contributed by atoms with Crippen LogP contribution in [-0.4, -0.2) is 19.7 Å². The smallest absolute Gasteiger partial charge is 0.122 e. The zero-order chi connectivity index (χ0) is 13.8. The van der Waals surface area contributed by atoms with Crippen molar-refractivity contribution in [3.8, 4) is 5.75 Å². The monoisotopic (exact) mass is 271 g/mol. The Labute approximate surface area is 122 Å². The van der Waals surface area contributed by atoms with Crippen molar-refractivity contribution in [3.05, 3.63) is 41.0 Å². The minimum atomic E-state index is 0.601. The van der Waals surface area contributed by atoms with Crippen LogP contribution in [0.25, 0.3) is 0 Å². The van der Waals surface area contributed by atoms with Crippen LogP contribution in [0.15, 0.2) is 35.4 Å². The van der Waals surface area contributed by atoms with Gasteiger partial charge in [-0.15, -0.1) is 0 Å². The summed E-state index contributed by atoms with van der Waals surface area (Å²) in [6.07, 6.45) is 9.02. The first-order chi connectivity index (χ1) is 9.88. The highest BCUT2D eigenvalue weighted by molar-refractivity contribution is 5.34. The molecule has 0 spiro atoms. The summed E-state index contributed by atoms with van der Waals surface area (Å²) in [4.78, 5) is 0. The Balaban J connectivity index is 1.68. The third-order valence-corrected chi connectivity index (χ3v) is 4.76. The van der Waals surface area contributed by atoms with Gasteiger partial charge in [-0.05, 0) is 63.1 Å². The van der Waals surface area contributed by atoms with E-state index in [1.807, 2.05) is 6.07 Å². The third-order valence-electron chi connectivity index (χ3n) is 4.76. The number of hydrogen-bond acceptors (Lipinski definition) is 2. The van der Waals surface area contributed by atoms with Crippen molar-refractivity contribution in [1.82, 2.24) is 5.32 Å². The fraction of sp³-hybridized carbons (Fsp3) is 0.556. The first-order valence-corrected chi connectivity index (χ1v) is 7.94. The molecule has 1 N–H and O–H groups in total. The Bertz CT molecular complexity index is 488. The molecular formula is C18H25NO. The molecule has 0 saturated carbocycles. The molecule has 0 bridgehead atoms. The lowest BCUT2D eigenvalue weighted by Crippen LogP contribution is -2.38. The van der Waals surface area contributed by atoms with Crippen LogP contribution in [0, 0.1) is 0 Å². The fourth-order valence-corrected chi connectivity index (χ4v) is 3.70. The number of rotatable bonds is 4. The Morgan fingerprint density at radius 3 is 2.90 bits per heavy atom. The van der Waals surface area contributed by atoms with Crippen molar-refractivity contribution in [3.63, 3.8) is 0 Å². The molecule has 1 heterocycles. The van der Waals surface area contributed by atoms with Crippen molar-refractivity contribution in [2.24, 2.45) is 0 Å². The molecule has 0 aromatic heterocycles. The van der Waals surface area contributed by atoms with Gasteiger partial charge in [-0.2, -0.15) is 0 Å². The lowest BCUT2D eigenvalue weighted by atomic mass is 9.81. The van der Waals surface area contributed by atoms with Crippen molar-refractivity contribution in [1.29, 1.82) is 0 Å². The molecule has 20 heavy (non-hydrogen) atoms. The molecule has 1 aromatic carbocycles. The van der Waals surface area contributed by atoms with Crippen LogP contribution in [0.3, 0.4) is 0 Å². The zero-order valence-corrected chi connectivity index (χ0v) is 12.5. The first-order valence-electron chi connectivity index (χ1n) is 7.94. The molecule has 0 fully saturated rings. The molecule has 1 unspecified atom stereocenters. The summed E-state index contributed by atoms with van der Waals surface area (Å²) >= 11 is 0. The summed E-state index contributed by atoms with van der Waals surface area (Å²) < 4.78 is 5.46. The molecule has 108 valence electrons. The quantitative estimate of drug-likeness (QED) is 0.840. The molecular weight excluding hydrogens is 246 g/mol. The highest BCUT2D eigenvalue weighted by Crippen LogP contribution is 2.33. The number of ether oxygens (including phenoxy) is 1. The van der Waals surface area contributed by atoms with Gasteiger partial charge in [0, 0.05) is 6.04 Å². The zero-order valence-electron chi connectivity index (χ0n) is 12.5. The minimum Gasteiger partial charge on any atom is -0.496 e. The van der Waals surface area contributed by atoms with Gasteiger partial charge in [-0.25, -0.2) is 0 Å². The molecule has 2 heteroatoms. The van der Waals surface area contributed by atoms with Gasteiger partial charge < -0.3 is 10.1 Å². The van der Waals surface area contributed by atoms with E-state index in [-0.39, 0.29) is 0 Å². The first kappa shape index (κ1) is 13.7. The predicted octanol–water partition coefficient (Wildman–Crippen LogP) is 3.86. The highest BCUT2D eigenvalue weighted by atomic mass is 16.5. The fourth-order valence-electron chi connectivity index (χ4n) is 3.70. The van der Waals surface area contributed by atoms with Crippen LogP contribution in [0.5, 0.6) is 5.75 Å². The van der Waals surface area contributed by atoms with Crippen molar-refractivity contribution < 1.29 is 4.74 Å². The van der Waals surface area contributed by atoms with E-state index in [2.05, 4.69) is 23.5 Å². The lowest BCUT2D eigenvalue weighted by Gasteiger charge is -2.33. The standard InChI is InChI=1S/C18H25NO/c1-20-18-9-5-3-7-15(18)10-11-17-16-8-4-2-6-14(16)12-13-19-17/h3,5,7,9,17,19H,2,4,6,8,10-13H2,1H3. The molecule has 1 aliphatic carbocycles. The van der Waals surface area contributed by atoms with E-state index >= 15 is 0 Å². The van der Waals surface area contributed by atoms with Gasteiger partial charge in [0.15, 0.2) is 0 Å².